The Hall–Kier alpha value is -1.13. The molecule has 0 amide bonds. The zero-order chi connectivity index (χ0) is 10.6. The summed E-state index contributed by atoms with van der Waals surface area (Å²) in [5.41, 5.74) is -1.08. The van der Waals surface area contributed by atoms with Crippen LogP contribution in [0.5, 0.6) is 0 Å². The number of ether oxygens (including phenoxy) is 1. The highest BCUT2D eigenvalue weighted by molar-refractivity contribution is 5.71. The number of hydrogen-bond donors (Lipinski definition) is 0. The van der Waals surface area contributed by atoms with Crippen molar-refractivity contribution in [1.29, 1.82) is 0 Å². The van der Waals surface area contributed by atoms with Gasteiger partial charge in [0.2, 0.25) is 5.54 Å². The molecule has 0 bridgehead atoms. The number of esters is 1. The molecule has 0 rings (SSSR count). The monoisotopic (exact) mass is 189 g/mol. The van der Waals surface area contributed by atoms with Gasteiger partial charge in [-0.15, -0.1) is 0 Å². The van der Waals surface area contributed by atoms with Gasteiger partial charge < -0.3 is 4.74 Å². The molecule has 0 fully saturated rings. The van der Waals surface area contributed by atoms with Crippen molar-refractivity contribution in [1.82, 2.24) is 0 Å². The van der Waals surface area contributed by atoms with Gasteiger partial charge in [-0.3, -0.25) is 14.9 Å². The Morgan fingerprint density at radius 3 is 2.38 bits per heavy atom. The molecule has 0 radical (unpaired) electrons. The second-order valence-corrected chi connectivity index (χ2v) is 3.70. The van der Waals surface area contributed by atoms with Gasteiger partial charge in [-0.2, -0.15) is 0 Å². The minimum Gasteiger partial charge on any atom is -0.469 e. The van der Waals surface area contributed by atoms with Gasteiger partial charge in [0.25, 0.3) is 0 Å². The molecular formula is C8H15NO4. The van der Waals surface area contributed by atoms with Gasteiger partial charge >= 0.3 is 5.97 Å². The van der Waals surface area contributed by atoms with E-state index >= 15 is 0 Å². The maximum atomic E-state index is 11.0. The second kappa shape index (κ2) is 4.20. The highest BCUT2D eigenvalue weighted by Gasteiger charge is 2.35. The molecule has 5 heteroatoms. The number of nitrogens with zero attached hydrogens (tertiary/aromatic N) is 1. The van der Waals surface area contributed by atoms with Crippen LogP contribution >= 0.6 is 0 Å². The number of rotatable bonds is 4. The molecule has 0 aromatic rings. The normalized spacial score (nSPS) is 13.5. The van der Waals surface area contributed by atoms with Crippen molar-refractivity contribution in [2.45, 2.75) is 32.7 Å². The first-order valence-electron chi connectivity index (χ1n) is 4.03. The van der Waals surface area contributed by atoms with E-state index in [-0.39, 0.29) is 11.3 Å². The van der Waals surface area contributed by atoms with Crippen molar-refractivity contribution in [2.24, 2.45) is 5.92 Å². The second-order valence-electron chi connectivity index (χ2n) is 3.70. The van der Waals surface area contributed by atoms with Crippen LogP contribution in [0.4, 0.5) is 0 Å². The summed E-state index contributed by atoms with van der Waals surface area (Å²) in [5.74, 6) is -0.847. The molecule has 0 saturated heterocycles. The van der Waals surface area contributed by atoms with E-state index in [2.05, 4.69) is 4.74 Å². The molecule has 5 nitrogen and oxygen atoms in total. The third-order valence-electron chi connectivity index (χ3n) is 1.90. The Bertz CT molecular complexity index is 212. The summed E-state index contributed by atoms with van der Waals surface area (Å²) in [5, 5.41) is 10.5. The molecule has 1 unspecified atom stereocenters. The predicted octanol–water partition coefficient (Wildman–Crippen LogP) is 1.24. The zero-order valence-electron chi connectivity index (χ0n) is 8.36. The molecule has 0 aliphatic rings. The number of methoxy groups -OCH3 is 1. The highest BCUT2D eigenvalue weighted by Crippen LogP contribution is 2.20. The lowest BCUT2D eigenvalue weighted by Gasteiger charge is -2.18. The summed E-state index contributed by atoms with van der Waals surface area (Å²) >= 11 is 0. The van der Waals surface area contributed by atoms with Crippen LogP contribution in [0.1, 0.15) is 27.2 Å². The molecule has 0 spiro atoms. The van der Waals surface area contributed by atoms with Crippen LogP contribution in [0.2, 0.25) is 0 Å². The van der Waals surface area contributed by atoms with Gasteiger partial charge in [-0.1, -0.05) is 6.92 Å². The molecule has 76 valence electrons. The molecule has 0 aliphatic carbocycles. The van der Waals surface area contributed by atoms with Crippen LogP contribution in [0, 0.1) is 16.0 Å². The molecule has 0 aliphatic heterocycles. The third kappa shape index (κ3) is 3.40. The van der Waals surface area contributed by atoms with E-state index in [4.69, 9.17) is 0 Å². The number of hydrogen-bond acceptors (Lipinski definition) is 4. The van der Waals surface area contributed by atoms with Crippen LogP contribution in [0.3, 0.4) is 0 Å². The highest BCUT2D eigenvalue weighted by atomic mass is 16.6. The van der Waals surface area contributed by atoms with Gasteiger partial charge in [0, 0.05) is 25.2 Å². The average molecular weight is 189 g/mol. The van der Waals surface area contributed by atoms with Crippen molar-refractivity contribution in [3.05, 3.63) is 10.1 Å². The Kier molecular flexibility index (Phi) is 3.84. The first kappa shape index (κ1) is 11.9. The van der Waals surface area contributed by atoms with Gasteiger partial charge in [0.1, 0.15) is 0 Å². The summed E-state index contributed by atoms with van der Waals surface area (Å²) < 4.78 is 4.48. The molecule has 0 N–H and O–H groups in total. The van der Waals surface area contributed by atoms with Gasteiger partial charge in [0.15, 0.2) is 0 Å². The third-order valence-corrected chi connectivity index (χ3v) is 1.90. The van der Waals surface area contributed by atoms with Crippen LogP contribution in [-0.2, 0) is 9.53 Å². The Morgan fingerprint density at radius 2 is 2.08 bits per heavy atom. The van der Waals surface area contributed by atoms with Crippen LogP contribution < -0.4 is 0 Å². The van der Waals surface area contributed by atoms with Crippen molar-refractivity contribution in [2.75, 3.05) is 7.11 Å². The lowest BCUT2D eigenvalue weighted by atomic mass is 9.92. The van der Waals surface area contributed by atoms with E-state index in [1.807, 2.05) is 0 Å². The summed E-state index contributed by atoms with van der Waals surface area (Å²) in [6.45, 7) is 4.61. The fraction of sp³-hybridized carbons (Fsp3) is 0.875. The summed E-state index contributed by atoms with van der Waals surface area (Å²) in [6, 6.07) is 0. The van der Waals surface area contributed by atoms with E-state index < -0.39 is 17.4 Å². The number of carbonyl (C=O) groups excluding carboxylic acids is 1. The van der Waals surface area contributed by atoms with Crippen molar-refractivity contribution in [3.63, 3.8) is 0 Å². The van der Waals surface area contributed by atoms with E-state index in [9.17, 15) is 14.9 Å². The maximum Gasteiger partial charge on any atom is 0.308 e. The molecule has 0 heterocycles. The van der Waals surface area contributed by atoms with Crippen molar-refractivity contribution < 1.29 is 14.5 Å². The Morgan fingerprint density at radius 1 is 1.62 bits per heavy atom. The standard InChI is InChI=1S/C8H15NO4/c1-6(7(10)13-4)5-8(2,3)9(11)12/h6H,5H2,1-4H3. The average Bonchev–Trinajstić information content (AvgIpc) is 2.01. The van der Waals surface area contributed by atoms with E-state index in [1.54, 1.807) is 6.92 Å². The molecular weight excluding hydrogens is 174 g/mol. The van der Waals surface area contributed by atoms with E-state index in [0.29, 0.717) is 0 Å². The minimum absolute atomic E-state index is 0.187. The zero-order valence-corrected chi connectivity index (χ0v) is 8.36. The predicted molar refractivity (Wildman–Crippen MR) is 46.9 cm³/mol. The van der Waals surface area contributed by atoms with Crippen LogP contribution in [0.15, 0.2) is 0 Å². The van der Waals surface area contributed by atoms with Crippen molar-refractivity contribution in [3.8, 4) is 0 Å². The van der Waals surface area contributed by atoms with E-state index in [1.165, 1.54) is 21.0 Å². The first-order chi connectivity index (χ1) is 5.81. The largest absolute Gasteiger partial charge is 0.469 e. The topological polar surface area (TPSA) is 69.4 Å². The molecule has 1 atom stereocenters. The summed E-state index contributed by atoms with van der Waals surface area (Å²) in [4.78, 5) is 21.1. The summed E-state index contributed by atoms with van der Waals surface area (Å²) in [7, 11) is 1.28. The molecule has 13 heavy (non-hydrogen) atoms. The van der Waals surface area contributed by atoms with Gasteiger partial charge in [0.05, 0.1) is 13.0 Å². The Balaban J connectivity index is 4.27. The summed E-state index contributed by atoms with van der Waals surface area (Å²) in [6.07, 6.45) is 0.187. The lowest BCUT2D eigenvalue weighted by molar-refractivity contribution is -0.562. The minimum atomic E-state index is -1.08. The molecule has 0 aromatic heterocycles. The molecule has 0 aromatic carbocycles. The van der Waals surface area contributed by atoms with Crippen LogP contribution in [0.25, 0.3) is 0 Å². The van der Waals surface area contributed by atoms with Crippen molar-refractivity contribution >= 4 is 5.97 Å². The van der Waals surface area contributed by atoms with Crippen LogP contribution in [-0.4, -0.2) is 23.5 Å². The Labute approximate surface area is 77.2 Å². The quantitative estimate of drug-likeness (QED) is 0.379. The number of carbonyl (C=O) groups is 1. The maximum absolute atomic E-state index is 11.0. The fourth-order valence-corrected chi connectivity index (χ4v) is 1.11. The van der Waals surface area contributed by atoms with Gasteiger partial charge in [-0.05, 0) is 0 Å². The fourth-order valence-electron chi connectivity index (χ4n) is 1.11. The van der Waals surface area contributed by atoms with E-state index in [0.717, 1.165) is 0 Å². The van der Waals surface area contributed by atoms with Gasteiger partial charge in [-0.25, -0.2) is 0 Å². The number of nitro groups is 1. The lowest BCUT2D eigenvalue weighted by Crippen LogP contribution is -2.35. The molecule has 0 saturated carbocycles. The SMILES string of the molecule is COC(=O)C(C)CC(C)(C)[N+](=O)[O-]. The smallest absolute Gasteiger partial charge is 0.308 e. The first-order valence-corrected chi connectivity index (χ1v) is 4.03.